The van der Waals surface area contributed by atoms with Gasteiger partial charge in [-0.2, -0.15) is 0 Å². The summed E-state index contributed by atoms with van der Waals surface area (Å²) < 4.78 is 1.80. The zero-order chi connectivity index (χ0) is 15.3. The highest BCUT2D eigenvalue weighted by molar-refractivity contribution is 9.12. The van der Waals surface area contributed by atoms with Gasteiger partial charge in [0.05, 0.1) is 16.0 Å². The summed E-state index contributed by atoms with van der Waals surface area (Å²) in [5, 5.41) is 12.3. The van der Waals surface area contributed by atoms with Gasteiger partial charge in [0.25, 0.3) is 11.8 Å². The molecule has 1 rings (SSSR count). The fourth-order valence-corrected chi connectivity index (χ4v) is 1.56. The first kappa shape index (κ1) is 19.2. The number of carbonyl (C=O) groups is 2. The highest BCUT2D eigenvalue weighted by Crippen LogP contribution is 2.14. The molecule has 1 aromatic rings. The van der Waals surface area contributed by atoms with Crippen LogP contribution in [0.15, 0.2) is 23.3 Å². The van der Waals surface area contributed by atoms with Crippen LogP contribution in [0.3, 0.4) is 0 Å². The number of amides is 2. The molecule has 0 saturated carbocycles. The van der Waals surface area contributed by atoms with Gasteiger partial charge in [-0.15, -0.1) is 12.4 Å². The van der Waals surface area contributed by atoms with E-state index in [0.717, 1.165) is 0 Å². The molecule has 0 spiro atoms. The normalized spacial score (nSPS) is 9.43. The Morgan fingerprint density at radius 3 is 2.67 bits per heavy atom. The second kappa shape index (κ2) is 8.48. The number of nitrogens with two attached hydrogens (primary N) is 1. The lowest BCUT2D eigenvalue weighted by molar-refractivity contribution is -0.112. The third-order valence-corrected chi connectivity index (χ3v) is 2.78. The Morgan fingerprint density at radius 1 is 1.52 bits per heavy atom. The van der Waals surface area contributed by atoms with Crippen molar-refractivity contribution < 1.29 is 9.59 Å². The highest BCUT2D eigenvalue weighted by atomic mass is 79.9. The molecule has 1 aromatic heterocycles. The molecular formula is C12H17BrClN5O2. The van der Waals surface area contributed by atoms with Gasteiger partial charge in [-0.1, -0.05) is 6.58 Å². The van der Waals surface area contributed by atoms with Crippen LogP contribution in [0.25, 0.3) is 0 Å². The average molecular weight is 379 g/mol. The first-order valence-electron chi connectivity index (χ1n) is 5.74. The number of rotatable bonds is 6. The second-order valence-electron chi connectivity index (χ2n) is 4.12. The lowest BCUT2D eigenvalue weighted by atomic mass is 10.3. The number of aromatic nitrogens is 1. The number of hydrogen-bond donors (Lipinski definition) is 4. The lowest BCUT2D eigenvalue weighted by Gasteiger charge is -2.04. The number of halogens is 2. The van der Waals surface area contributed by atoms with Crippen molar-refractivity contribution in [3.05, 3.63) is 29.0 Å². The van der Waals surface area contributed by atoms with Crippen LogP contribution in [0.2, 0.25) is 0 Å². The topological polar surface area (TPSA) is 113 Å². The molecule has 9 heteroatoms. The summed E-state index contributed by atoms with van der Waals surface area (Å²) in [6, 6.07) is 1.55. The predicted molar refractivity (Wildman–Crippen MR) is 88.2 cm³/mol. The van der Waals surface area contributed by atoms with Crippen LogP contribution in [-0.4, -0.2) is 28.8 Å². The molecule has 0 unspecified atom stereocenters. The van der Waals surface area contributed by atoms with Crippen molar-refractivity contribution in [3.8, 4) is 0 Å². The molecule has 21 heavy (non-hydrogen) atoms. The first-order chi connectivity index (χ1) is 9.31. The fourth-order valence-electron chi connectivity index (χ4n) is 1.46. The van der Waals surface area contributed by atoms with E-state index in [1.807, 2.05) is 0 Å². The van der Waals surface area contributed by atoms with E-state index >= 15 is 0 Å². The maximum absolute atomic E-state index is 11.9. The Labute approximate surface area is 137 Å². The summed E-state index contributed by atoms with van der Waals surface area (Å²) in [7, 11) is 1.69. The van der Waals surface area contributed by atoms with E-state index in [0.29, 0.717) is 24.3 Å². The molecule has 0 aliphatic rings. The molecule has 7 nitrogen and oxygen atoms in total. The van der Waals surface area contributed by atoms with Crippen molar-refractivity contribution in [3.63, 3.8) is 0 Å². The molecule has 0 bridgehead atoms. The van der Waals surface area contributed by atoms with E-state index in [2.05, 4.69) is 33.1 Å². The van der Waals surface area contributed by atoms with Gasteiger partial charge in [-0.05, 0) is 22.0 Å². The van der Waals surface area contributed by atoms with E-state index in [-0.39, 0.29) is 34.5 Å². The Hall–Kier alpha value is -1.80. The highest BCUT2D eigenvalue weighted by Gasteiger charge is 2.13. The standard InChI is InChI=1S/C12H16BrN5O2.ClH/c1-7(13)11(19)17-8-5-9(18(2)6-8)12(20)16-4-3-10(14)15;/h5-6H,1,3-4H2,2H3,(H3,14,15)(H,16,20)(H,17,19);1H. The molecule has 116 valence electrons. The maximum atomic E-state index is 11.9. The van der Waals surface area contributed by atoms with Crippen LogP contribution in [0.4, 0.5) is 5.69 Å². The van der Waals surface area contributed by atoms with Gasteiger partial charge in [-0.25, -0.2) is 0 Å². The number of nitrogens with zero attached hydrogens (tertiary/aromatic N) is 1. The van der Waals surface area contributed by atoms with Crippen LogP contribution >= 0.6 is 28.3 Å². The van der Waals surface area contributed by atoms with E-state index in [1.54, 1.807) is 23.9 Å². The third-order valence-electron chi connectivity index (χ3n) is 2.42. The van der Waals surface area contributed by atoms with E-state index in [9.17, 15) is 9.59 Å². The molecule has 1 heterocycles. The summed E-state index contributed by atoms with van der Waals surface area (Å²) >= 11 is 2.97. The van der Waals surface area contributed by atoms with Gasteiger partial charge in [0.2, 0.25) is 0 Å². The Kier molecular flexibility index (Phi) is 7.75. The van der Waals surface area contributed by atoms with E-state index in [4.69, 9.17) is 11.1 Å². The molecule has 0 fully saturated rings. The predicted octanol–water partition coefficient (Wildman–Crippen LogP) is 1.35. The quantitative estimate of drug-likeness (QED) is 0.340. The molecule has 0 aliphatic heterocycles. The number of amidine groups is 1. The van der Waals surface area contributed by atoms with Crippen molar-refractivity contribution >= 4 is 51.7 Å². The Balaban J connectivity index is 0.00000400. The van der Waals surface area contributed by atoms with Crippen LogP contribution in [0.1, 0.15) is 16.9 Å². The fraction of sp³-hybridized carbons (Fsp3) is 0.250. The minimum atomic E-state index is -0.376. The van der Waals surface area contributed by atoms with Gasteiger partial charge in [0.1, 0.15) is 5.69 Å². The van der Waals surface area contributed by atoms with Crippen molar-refractivity contribution in [1.29, 1.82) is 5.41 Å². The van der Waals surface area contributed by atoms with Crippen LogP contribution in [0, 0.1) is 5.41 Å². The van der Waals surface area contributed by atoms with Gasteiger partial charge >= 0.3 is 0 Å². The molecular weight excluding hydrogens is 362 g/mol. The Morgan fingerprint density at radius 2 is 2.14 bits per heavy atom. The van der Waals surface area contributed by atoms with E-state index < -0.39 is 0 Å². The van der Waals surface area contributed by atoms with Crippen molar-refractivity contribution in [2.24, 2.45) is 12.8 Å². The summed E-state index contributed by atoms with van der Waals surface area (Å²) in [6.07, 6.45) is 1.91. The van der Waals surface area contributed by atoms with Crippen molar-refractivity contribution in [1.82, 2.24) is 9.88 Å². The largest absolute Gasteiger partial charge is 0.388 e. The number of carbonyl (C=O) groups excluding carboxylic acids is 2. The summed E-state index contributed by atoms with van der Waals surface area (Å²) in [5.74, 6) is -0.660. The average Bonchev–Trinajstić information content (AvgIpc) is 2.69. The monoisotopic (exact) mass is 377 g/mol. The number of aryl methyl sites for hydroxylation is 1. The zero-order valence-corrected chi connectivity index (χ0v) is 13.8. The second-order valence-corrected chi connectivity index (χ2v) is 5.07. The maximum Gasteiger partial charge on any atom is 0.267 e. The lowest BCUT2D eigenvalue weighted by Crippen LogP contribution is -2.28. The summed E-state index contributed by atoms with van der Waals surface area (Å²) in [6.45, 7) is 3.75. The van der Waals surface area contributed by atoms with Gasteiger partial charge in [0.15, 0.2) is 0 Å². The third kappa shape index (κ3) is 6.01. The van der Waals surface area contributed by atoms with Crippen molar-refractivity contribution in [2.45, 2.75) is 6.42 Å². The molecule has 0 aliphatic carbocycles. The summed E-state index contributed by atoms with van der Waals surface area (Å²) in [5.41, 5.74) is 6.09. The summed E-state index contributed by atoms with van der Waals surface area (Å²) in [4.78, 5) is 23.3. The zero-order valence-electron chi connectivity index (χ0n) is 11.4. The van der Waals surface area contributed by atoms with Crippen LogP contribution in [0.5, 0.6) is 0 Å². The smallest absolute Gasteiger partial charge is 0.267 e. The number of hydrogen-bond acceptors (Lipinski definition) is 3. The Bertz CT molecular complexity index is 570. The number of anilines is 1. The van der Waals surface area contributed by atoms with Crippen LogP contribution < -0.4 is 16.4 Å². The van der Waals surface area contributed by atoms with Gasteiger partial charge < -0.3 is 20.9 Å². The SMILES string of the molecule is C=C(Br)C(=O)Nc1cc(C(=O)NCCC(=N)N)n(C)c1.Cl. The number of nitrogens with one attached hydrogen (secondary N) is 3. The van der Waals surface area contributed by atoms with Crippen molar-refractivity contribution in [2.75, 3.05) is 11.9 Å². The molecule has 0 saturated heterocycles. The minimum absolute atomic E-state index is 0. The molecule has 0 atom stereocenters. The molecule has 5 N–H and O–H groups in total. The molecule has 0 radical (unpaired) electrons. The first-order valence-corrected chi connectivity index (χ1v) is 6.53. The van der Waals surface area contributed by atoms with E-state index in [1.165, 1.54) is 0 Å². The molecule has 2 amide bonds. The van der Waals surface area contributed by atoms with Gasteiger partial charge in [-0.3, -0.25) is 15.0 Å². The minimum Gasteiger partial charge on any atom is -0.388 e. The van der Waals surface area contributed by atoms with Gasteiger partial charge in [0, 0.05) is 26.2 Å². The molecule has 0 aromatic carbocycles. The van der Waals surface area contributed by atoms with Crippen LogP contribution in [-0.2, 0) is 11.8 Å².